The Kier molecular flexibility index (Phi) is 17.5. The van der Waals surface area contributed by atoms with E-state index in [1.165, 1.54) is 67.2 Å². The topological polar surface area (TPSA) is 47.9 Å². The van der Waals surface area contributed by atoms with E-state index in [1.54, 1.807) is 0 Å². The maximum Gasteiger partial charge on any atom is 0.122 e. The van der Waals surface area contributed by atoms with E-state index in [1.807, 2.05) is 6.07 Å². The lowest BCUT2D eigenvalue weighted by atomic mass is 9.90. The summed E-state index contributed by atoms with van der Waals surface area (Å²) < 4.78 is 20.0. The van der Waals surface area contributed by atoms with Gasteiger partial charge in [-0.3, -0.25) is 0 Å². The summed E-state index contributed by atoms with van der Waals surface area (Å²) in [5, 5.41) is 11.5. The zero-order chi connectivity index (χ0) is 37.1. The molecule has 0 amide bonds. The van der Waals surface area contributed by atoms with Crippen LogP contribution < -0.4 is 14.2 Å². The van der Waals surface area contributed by atoms with E-state index in [0.29, 0.717) is 18.6 Å². The largest absolute Gasteiger partial charge is 0.508 e. The Morgan fingerprint density at radius 3 is 1.19 bits per heavy atom. The second-order valence-electron chi connectivity index (χ2n) is 14.8. The molecule has 0 radical (unpaired) electrons. The lowest BCUT2D eigenvalue weighted by Crippen LogP contribution is -2.23. The van der Waals surface area contributed by atoms with Crippen LogP contribution in [-0.4, -0.2) is 23.4 Å². The number of hydrogen-bond donors (Lipinski definition) is 1. The minimum atomic E-state index is -0.133. The van der Waals surface area contributed by atoms with Gasteiger partial charge >= 0.3 is 0 Å². The van der Waals surface area contributed by atoms with E-state index < -0.39 is 0 Å². The van der Waals surface area contributed by atoms with E-state index in [9.17, 15) is 5.11 Å². The van der Waals surface area contributed by atoms with Gasteiger partial charge in [0.25, 0.3) is 0 Å². The standard InChI is InChI=1S/C48H66O4/c1-7-10-13-22-39-25-16-19-28-46(39)50-36(4)33-42-31-32-45(49)44(35-38(6)52-48-30-21-18-27-41(48)24-15-12-9-3)43(42)34-37(5)51-47-29-20-17-26-40(47)23-14-11-8-2/h16-21,25-32,36-38,49H,7-15,22-24,33-35H2,1-6H3. The van der Waals surface area contributed by atoms with Gasteiger partial charge in [0.15, 0.2) is 0 Å². The van der Waals surface area contributed by atoms with Gasteiger partial charge in [-0.15, -0.1) is 0 Å². The van der Waals surface area contributed by atoms with Crippen molar-refractivity contribution < 1.29 is 19.3 Å². The van der Waals surface area contributed by atoms with Crippen molar-refractivity contribution in [3.05, 3.63) is 118 Å². The van der Waals surface area contributed by atoms with Crippen LogP contribution in [0, 0.1) is 0 Å². The van der Waals surface area contributed by atoms with Crippen molar-refractivity contribution in [3.8, 4) is 23.0 Å². The maximum absolute atomic E-state index is 11.5. The van der Waals surface area contributed by atoms with Crippen molar-refractivity contribution in [3.63, 3.8) is 0 Å². The first-order valence-corrected chi connectivity index (χ1v) is 20.4. The molecule has 0 aliphatic rings. The molecule has 0 fully saturated rings. The fraction of sp³-hybridized carbons (Fsp3) is 0.500. The molecule has 0 bridgehead atoms. The number of aromatic hydroxyl groups is 1. The van der Waals surface area contributed by atoms with Crippen LogP contribution in [0.5, 0.6) is 23.0 Å². The van der Waals surface area contributed by atoms with E-state index in [4.69, 9.17) is 14.2 Å². The van der Waals surface area contributed by atoms with Gasteiger partial charge in [-0.1, -0.05) is 120 Å². The second-order valence-corrected chi connectivity index (χ2v) is 14.8. The number of para-hydroxylation sites is 3. The van der Waals surface area contributed by atoms with Crippen molar-refractivity contribution >= 4 is 0 Å². The molecule has 4 nitrogen and oxygen atoms in total. The van der Waals surface area contributed by atoms with Gasteiger partial charge in [0.05, 0.1) is 12.2 Å². The van der Waals surface area contributed by atoms with E-state index in [2.05, 4.69) is 120 Å². The number of benzene rings is 4. The van der Waals surface area contributed by atoms with Crippen molar-refractivity contribution in [2.45, 2.75) is 156 Å². The quantitative estimate of drug-likeness (QED) is 0.0737. The summed E-state index contributed by atoms with van der Waals surface area (Å²) in [6, 6.07) is 29.3. The lowest BCUT2D eigenvalue weighted by molar-refractivity contribution is 0.208. The fourth-order valence-electron chi connectivity index (χ4n) is 7.23. The number of phenolic OH excluding ortho intramolecular Hbond substituents is 1. The molecule has 0 aliphatic carbocycles. The van der Waals surface area contributed by atoms with Crippen LogP contribution >= 0.6 is 0 Å². The van der Waals surface area contributed by atoms with Gasteiger partial charge in [0.2, 0.25) is 0 Å². The van der Waals surface area contributed by atoms with E-state index >= 15 is 0 Å². The van der Waals surface area contributed by atoms with Gasteiger partial charge in [0.1, 0.15) is 29.1 Å². The molecule has 1 N–H and O–H groups in total. The molecule has 4 aromatic rings. The normalized spacial score (nSPS) is 13.0. The molecule has 0 saturated heterocycles. The Labute approximate surface area is 315 Å². The highest BCUT2D eigenvalue weighted by Crippen LogP contribution is 2.32. The summed E-state index contributed by atoms with van der Waals surface area (Å²) in [5.74, 6) is 3.19. The minimum absolute atomic E-state index is 0.0531. The Morgan fingerprint density at radius 1 is 0.423 bits per heavy atom. The average molecular weight is 707 g/mol. The molecule has 0 spiro atoms. The van der Waals surface area contributed by atoms with Crippen LogP contribution in [0.3, 0.4) is 0 Å². The summed E-state index contributed by atoms with van der Waals surface area (Å²) in [4.78, 5) is 0. The van der Waals surface area contributed by atoms with Gasteiger partial charge < -0.3 is 19.3 Å². The first-order valence-electron chi connectivity index (χ1n) is 20.4. The van der Waals surface area contributed by atoms with Gasteiger partial charge in [0, 0.05) is 24.8 Å². The number of ether oxygens (including phenoxy) is 3. The molecule has 4 heteroatoms. The highest BCUT2D eigenvalue weighted by molar-refractivity contribution is 5.46. The lowest BCUT2D eigenvalue weighted by Gasteiger charge is -2.25. The number of phenols is 1. The molecule has 282 valence electrons. The van der Waals surface area contributed by atoms with Crippen LogP contribution in [0.15, 0.2) is 84.9 Å². The molecule has 3 atom stereocenters. The zero-order valence-electron chi connectivity index (χ0n) is 33.1. The number of aryl methyl sites for hydroxylation is 3. The third-order valence-electron chi connectivity index (χ3n) is 10.0. The predicted molar refractivity (Wildman–Crippen MR) is 219 cm³/mol. The molecule has 52 heavy (non-hydrogen) atoms. The molecule has 4 aromatic carbocycles. The summed E-state index contributed by atoms with van der Waals surface area (Å²) in [7, 11) is 0. The van der Waals surface area contributed by atoms with Crippen LogP contribution in [0.4, 0.5) is 0 Å². The smallest absolute Gasteiger partial charge is 0.122 e. The maximum atomic E-state index is 11.5. The van der Waals surface area contributed by atoms with Gasteiger partial charge in [-0.2, -0.15) is 0 Å². The Balaban J connectivity index is 1.60. The van der Waals surface area contributed by atoms with Crippen LogP contribution in [0.2, 0.25) is 0 Å². The fourth-order valence-corrected chi connectivity index (χ4v) is 7.23. The predicted octanol–water partition coefficient (Wildman–Crippen LogP) is 12.6. The number of hydrogen-bond acceptors (Lipinski definition) is 4. The van der Waals surface area contributed by atoms with Crippen LogP contribution in [0.25, 0.3) is 0 Å². The molecular weight excluding hydrogens is 641 g/mol. The third kappa shape index (κ3) is 12.9. The molecule has 0 aromatic heterocycles. The molecule has 0 heterocycles. The first-order chi connectivity index (χ1) is 25.3. The van der Waals surface area contributed by atoms with Crippen LogP contribution in [0.1, 0.15) is 133 Å². The Hall–Kier alpha value is -3.92. The summed E-state index contributed by atoms with van der Waals surface area (Å²) in [5.41, 5.74) is 7.04. The summed E-state index contributed by atoms with van der Waals surface area (Å²) >= 11 is 0. The molecule has 0 aliphatic heterocycles. The van der Waals surface area contributed by atoms with Crippen molar-refractivity contribution in [2.75, 3.05) is 0 Å². The molecule has 0 saturated carbocycles. The Morgan fingerprint density at radius 2 is 0.788 bits per heavy atom. The number of unbranched alkanes of at least 4 members (excludes halogenated alkanes) is 6. The van der Waals surface area contributed by atoms with E-state index in [0.717, 1.165) is 66.9 Å². The SMILES string of the molecule is CCCCCc1ccccc1OC(C)Cc1ccc(O)c(CC(C)Oc2ccccc2CCCCC)c1CC(C)Oc1ccccc1CCCCC. The Bertz CT molecular complexity index is 1610. The van der Waals surface area contributed by atoms with Crippen molar-refractivity contribution in [1.82, 2.24) is 0 Å². The second kappa shape index (κ2) is 22.2. The van der Waals surface area contributed by atoms with Crippen molar-refractivity contribution in [2.24, 2.45) is 0 Å². The molecule has 3 unspecified atom stereocenters. The van der Waals surface area contributed by atoms with Crippen molar-refractivity contribution in [1.29, 1.82) is 0 Å². The summed E-state index contributed by atoms with van der Waals surface area (Å²) in [6.07, 6.45) is 15.5. The van der Waals surface area contributed by atoms with E-state index in [-0.39, 0.29) is 18.3 Å². The zero-order valence-corrected chi connectivity index (χ0v) is 33.1. The highest BCUT2D eigenvalue weighted by atomic mass is 16.5. The highest BCUT2D eigenvalue weighted by Gasteiger charge is 2.22. The monoisotopic (exact) mass is 706 g/mol. The molecular formula is C48H66O4. The molecule has 4 rings (SSSR count). The third-order valence-corrected chi connectivity index (χ3v) is 10.0. The first kappa shape index (κ1) is 40.8. The number of rotatable bonds is 24. The van der Waals surface area contributed by atoms with Crippen LogP contribution in [-0.2, 0) is 38.5 Å². The summed E-state index contributed by atoms with van der Waals surface area (Å²) in [6.45, 7) is 13.2. The average Bonchev–Trinajstić information content (AvgIpc) is 3.13. The van der Waals surface area contributed by atoms with Gasteiger partial charge in [-0.25, -0.2) is 0 Å². The van der Waals surface area contributed by atoms with Gasteiger partial charge in [-0.05, 0) is 111 Å². The minimum Gasteiger partial charge on any atom is -0.508 e.